The van der Waals surface area contributed by atoms with Crippen LogP contribution in [-0.2, 0) is 0 Å². The van der Waals surface area contributed by atoms with Crippen LogP contribution in [0.15, 0.2) is 18.3 Å². The molecule has 2 fully saturated rings. The van der Waals surface area contributed by atoms with E-state index in [1.165, 1.54) is 38.5 Å². The molecule has 1 aliphatic heterocycles. The molecule has 0 aromatic carbocycles. The molecule has 1 N–H and O–H groups in total. The first-order valence-corrected chi connectivity index (χ1v) is 7.67. The summed E-state index contributed by atoms with van der Waals surface area (Å²) < 4.78 is 0. The van der Waals surface area contributed by atoms with E-state index in [0.29, 0.717) is 6.04 Å². The van der Waals surface area contributed by atoms with Crippen LogP contribution < -0.4 is 4.90 Å². The van der Waals surface area contributed by atoms with E-state index < -0.39 is 6.10 Å². The molecular weight excluding hydrogens is 236 g/mol. The van der Waals surface area contributed by atoms with Crippen molar-refractivity contribution in [3.8, 4) is 0 Å². The highest BCUT2D eigenvalue weighted by molar-refractivity contribution is 5.49. The van der Waals surface area contributed by atoms with Crippen molar-refractivity contribution in [2.24, 2.45) is 5.92 Å². The Morgan fingerprint density at radius 3 is 2.79 bits per heavy atom. The summed E-state index contributed by atoms with van der Waals surface area (Å²) in [6.07, 6.45) is 9.49. The molecule has 0 spiro atoms. The number of anilines is 1. The molecule has 3 rings (SSSR count). The monoisotopic (exact) mass is 260 g/mol. The normalized spacial score (nSPS) is 26.0. The summed E-state index contributed by atoms with van der Waals surface area (Å²) in [5.74, 6) is 1.86. The van der Waals surface area contributed by atoms with Crippen molar-refractivity contribution in [3.63, 3.8) is 0 Å². The van der Waals surface area contributed by atoms with Crippen LogP contribution in [0.4, 0.5) is 5.82 Å². The molecule has 3 nitrogen and oxygen atoms in total. The molecule has 1 aromatic heterocycles. The fraction of sp³-hybridized carbons (Fsp3) is 0.688. The lowest BCUT2D eigenvalue weighted by Crippen LogP contribution is -2.36. The Bertz CT molecular complexity index is 427. The summed E-state index contributed by atoms with van der Waals surface area (Å²) in [5, 5.41) is 9.95. The Morgan fingerprint density at radius 2 is 2.05 bits per heavy atom. The SMILES string of the molecule is C[C@H](O)c1cccnc1N1CCCC1C1CCCC1. The van der Waals surface area contributed by atoms with Crippen LogP contribution in [0, 0.1) is 5.92 Å². The number of hydrogen-bond donors (Lipinski definition) is 1. The van der Waals surface area contributed by atoms with Crippen LogP contribution >= 0.6 is 0 Å². The third kappa shape index (κ3) is 2.48. The van der Waals surface area contributed by atoms with Crippen molar-refractivity contribution in [2.45, 2.75) is 57.6 Å². The van der Waals surface area contributed by atoms with Crippen molar-refractivity contribution in [2.75, 3.05) is 11.4 Å². The summed E-state index contributed by atoms with van der Waals surface area (Å²) in [6, 6.07) is 4.58. The lowest BCUT2D eigenvalue weighted by molar-refractivity contribution is 0.199. The second-order valence-corrected chi connectivity index (χ2v) is 6.04. The van der Waals surface area contributed by atoms with Crippen LogP contribution in [0.5, 0.6) is 0 Å². The summed E-state index contributed by atoms with van der Waals surface area (Å²) in [6.45, 7) is 2.93. The Labute approximate surface area is 115 Å². The highest BCUT2D eigenvalue weighted by Crippen LogP contribution is 2.38. The number of aliphatic hydroxyl groups excluding tert-OH is 1. The van der Waals surface area contributed by atoms with E-state index in [1.54, 1.807) is 0 Å². The van der Waals surface area contributed by atoms with Crippen molar-refractivity contribution >= 4 is 5.82 Å². The molecule has 0 amide bonds. The number of hydrogen-bond acceptors (Lipinski definition) is 3. The van der Waals surface area contributed by atoms with E-state index in [4.69, 9.17) is 0 Å². The third-order valence-electron chi connectivity index (χ3n) is 4.78. The Kier molecular flexibility index (Phi) is 3.74. The van der Waals surface area contributed by atoms with Crippen molar-refractivity contribution in [1.82, 2.24) is 4.98 Å². The second-order valence-electron chi connectivity index (χ2n) is 6.04. The standard InChI is InChI=1S/C16H24N2O/c1-12(19)14-8-4-10-17-16(14)18-11-5-9-15(18)13-6-2-3-7-13/h4,8,10,12-13,15,19H,2-3,5-7,9,11H2,1H3/t12-,15?/m0/s1. The first-order chi connectivity index (χ1) is 9.27. The zero-order valence-electron chi connectivity index (χ0n) is 11.8. The minimum absolute atomic E-state index is 0.437. The molecule has 3 heteroatoms. The predicted molar refractivity (Wildman–Crippen MR) is 77.2 cm³/mol. The van der Waals surface area contributed by atoms with Gasteiger partial charge in [-0.1, -0.05) is 18.9 Å². The number of nitrogens with zero attached hydrogens (tertiary/aromatic N) is 2. The maximum atomic E-state index is 9.95. The highest BCUT2D eigenvalue weighted by atomic mass is 16.3. The lowest BCUT2D eigenvalue weighted by atomic mass is 9.95. The lowest BCUT2D eigenvalue weighted by Gasteiger charge is -2.32. The first-order valence-electron chi connectivity index (χ1n) is 7.67. The first kappa shape index (κ1) is 12.9. The number of aliphatic hydroxyl groups is 1. The molecule has 1 unspecified atom stereocenters. The zero-order valence-corrected chi connectivity index (χ0v) is 11.8. The van der Waals surface area contributed by atoms with Gasteiger partial charge in [-0.3, -0.25) is 0 Å². The smallest absolute Gasteiger partial charge is 0.134 e. The fourth-order valence-electron chi connectivity index (χ4n) is 3.86. The van der Waals surface area contributed by atoms with Gasteiger partial charge in [-0.25, -0.2) is 4.98 Å². The van der Waals surface area contributed by atoms with Gasteiger partial charge in [0.25, 0.3) is 0 Å². The second kappa shape index (κ2) is 5.49. The average Bonchev–Trinajstić information content (AvgIpc) is 3.09. The van der Waals surface area contributed by atoms with E-state index in [0.717, 1.165) is 23.8 Å². The maximum Gasteiger partial charge on any atom is 0.134 e. The van der Waals surface area contributed by atoms with Gasteiger partial charge in [0.05, 0.1) is 6.10 Å². The molecule has 0 radical (unpaired) electrons. The maximum absolute atomic E-state index is 9.95. The molecule has 2 atom stereocenters. The van der Waals surface area contributed by atoms with Gasteiger partial charge in [0, 0.05) is 24.3 Å². The van der Waals surface area contributed by atoms with Gasteiger partial charge < -0.3 is 10.0 Å². The number of rotatable bonds is 3. The van der Waals surface area contributed by atoms with E-state index in [2.05, 4.69) is 9.88 Å². The molecule has 2 aliphatic rings. The highest BCUT2D eigenvalue weighted by Gasteiger charge is 2.35. The molecule has 2 heterocycles. The predicted octanol–water partition coefficient (Wildman–Crippen LogP) is 3.29. The summed E-state index contributed by atoms with van der Waals surface area (Å²) >= 11 is 0. The number of pyridine rings is 1. The summed E-state index contributed by atoms with van der Waals surface area (Å²) in [4.78, 5) is 7.04. The average molecular weight is 260 g/mol. The Morgan fingerprint density at radius 1 is 1.26 bits per heavy atom. The van der Waals surface area contributed by atoms with Gasteiger partial charge in [0.2, 0.25) is 0 Å². The third-order valence-corrected chi connectivity index (χ3v) is 4.78. The van der Waals surface area contributed by atoms with Crippen LogP contribution in [-0.4, -0.2) is 22.7 Å². The van der Waals surface area contributed by atoms with Crippen LogP contribution in [0.3, 0.4) is 0 Å². The van der Waals surface area contributed by atoms with Crippen LogP contribution in [0.1, 0.15) is 57.1 Å². The van der Waals surface area contributed by atoms with Gasteiger partial charge in [0.1, 0.15) is 5.82 Å². The quantitative estimate of drug-likeness (QED) is 0.906. The van der Waals surface area contributed by atoms with Gasteiger partial charge in [-0.05, 0) is 44.6 Å². The molecule has 104 valence electrons. The molecule has 1 saturated carbocycles. The Balaban J connectivity index is 1.87. The van der Waals surface area contributed by atoms with Gasteiger partial charge in [-0.2, -0.15) is 0 Å². The van der Waals surface area contributed by atoms with E-state index in [1.807, 2.05) is 25.3 Å². The molecule has 1 saturated heterocycles. The van der Waals surface area contributed by atoms with Crippen molar-refractivity contribution in [1.29, 1.82) is 0 Å². The minimum Gasteiger partial charge on any atom is -0.389 e. The molecule has 1 aliphatic carbocycles. The van der Waals surface area contributed by atoms with Gasteiger partial charge in [0.15, 0.2) is 0 Å². The zero-order chi connectivity index (χ0) is 13.2. The summed E-state index contributed by atoms with van der Waals surface area (Å²) in [5.41, 5.74) is 0.979. The van der Waals surface area contributed by atoms with E-state index >= 15 is 0 Å². The Hall–Kier alpha value is -1.09. The van der Waals surface area contributed by atoms with Gasteiger partial charge in [-0.15, -0.1) is 0 Å². The largest absolute Gasteiger partial charge is 0.389 e. The van der Waals surface area contributed by atoms with E-state index in [9.17, 15) is 5.11 Å². The summed E-state index contributed by atoms with van der Waals surface area (Å²) in [7, 11) is 0. The minimum atomic E-state index is -0.437. The molecule has 1 aromatic rings. The molecule has 19 heavy (non-hydrogen) atoms. The topological polar surface area (TPSA) is 36.4 Å². The van der Waals surface area contributed by atoms with Gasteiger partial charge >= 0.3 is 0 Å². The van der Waals surface area contributed by atoms with Crippen LogP contribution in [0.25, 0.3) is 0 Å². The molecular formula is C16H24N2O. The van der Waals surface area contributed by atoms with Crippen LogP contribution in [0.2, 0.25) is 0 Å². The van der Waals surface area contributed by atoms with Crippen molar-refractivity contribution < 1.29 is 5.11 Å². The van der Waals surface area contributed by atoms with Crippen molar-refractivity contribution in [3.05, 3.63) is 23.9 Å². The number of aromatic nitrogens is 1. The van der Waals surface area contributed by atoms with E-state index in [-0.39, 0.29) is 0 Å². The molecule has 0 bridgehead atoms. The fourth-order valence-corrected chi connectivity index (χ4v) is 3.86.